The minimum Gasteiger partial charge on any atom is -0.385 e. The Hall–Kier alpha value is -0.610. The van der Waals surface area contributed by atoms with Gasteiger partial charge in [-0.05, 0) is 13.3 Å². The minimum atomic E-state index is -0.268. The van der Waals surface area contributed by atoms with Crippen LogP contribution in [0.2, 0.25) is 0 Å². The lowest BCUT2D eigenvalue weighted by molar-refractivity contribution is -0.0136. The predicted molar refractivity (Wildman–Crippen MR) is 48.4 cm³/mol. The summed E-state index contributed by atoms with van der Waals surface area (Å²) in [7, 11) is 1.62. The first-order valence-electron chi connectivity index (χ1n) is 4.10. The largest absolute Gasteiger partial charge is 0.385 e. The molecule has 0 saturated heterocycles. The molecule has 0 saturated carbocycles. The quantitative estimate of drug-likeness (QED) is 0.461. The van der Waals surface area contributed by atoms with Crippen LogP contribution in [0.25, 0.3) is 0 Å². The Bertz CT molecular complexity index is 139. The van der Waals surface area contributed by atoms with Crippen LogP contribution in [-0.2, 0) is 9.47 Å². The molecule has 0 aromatic heterocycles. The normalized spacial score (nSPS) is 15.6. The summed E-state index contributed by atoms with van der Waals surface area (Å²) in [5, 5.41) is 7.19. The number of ether oxygens (including phenoxy) is 2. The van der Waals surface area contributed by atoms with Gasteiger partial charge in [0.05, 0.1) is 12.7 Å². The van der Waals surface area contributed by atoms with Crippen LogP contribution in [0.1, 0.15) is 20.3 Å². The minimum absolute atomic E-state index is 0.0103. The lowest BCUT2D eigenvalue weighted by Crippen LogP contribution is -2.34. The Morgan fingerprint density at radius 3 is 2.50 bits per heavy atom. The number of amidine groups is 1. The number of methoxy groups -OCH3 is 1. The van der Waals surface area contributed by atoms with Crippen LogP contribution in [0.5, 0.6) is 0 Å². The number of hydrogen-bond acceptors (Lipinski definition) is 3. The fraction of sp³-hybridized carbons (Fsp3) is 0.875. The SMILES string of the molecule is CCC(OC(C)COC)C(=N)N. The van der Waals surface area contributed by atoms with Crippen molar-refractivity contribution >= 4 is 5.84 Å². The molecule has 12 heavy (non-hydrogen) atoms. The highest BCUT2D eigenvalue weighted by Gasteiger charge is 2.13. The summed E-state index contributed by atoms with van der Waals surface area (Å²) >= 11 is 0. The van der Waals surface area contributed by atoms with E-state index in [1.807, 2.05) is 13.8 Å². The summed E-state index contributed by atoms with van der Waals surface area (Å²) in [5.41, 5.74) is 5.31. The van der Waals surface area contributed by atoms with Gasteiger partial charge in [0.25, 0.3) is 0 Å². The second-order valence-electron chi connectivity index (χ2n) is 2.75. The molecule has 0 aromatic rings. The fourth-order valence-electron chi connectivity index (χ4n) is 0.944. The lowest BCUT2D eigenvalue weighted by atomic mass is 10.2. The van der Waals surface area contributed by atoms with Crippen LogP contribution in [0, 0.1) is 5.41 Å². The third-order valence-corrected chi connectivity index (χ3v) is 1.52. The first-order chi connectivity index (χ1) is 5.61. The van der Waals surface area contributed by atoms with Gasteiger partial charge < -0.3 is 15.2 Å². The van der Waals surface area contributed by atoms with Crippen molar-refractivity contribution in [3.63, 3.8) is 0 Å². The third kappa shape index (κ3) is 4.31. The highest BCUT2D eigenvalue weighted by Crippen LogP contribution is 2.02. The molecule has 0 aromatic carbocycles. The third-order valence-electron chi connectivity index (χ3n) is 1.52. The van der Waals surface area contributed by atoms with E-state index in [0.717, 1.165) is 6.42 Å². The smallest absolute Gasteiger partial charge is 0.120 e. The van der Waals surface area contributed by atoms with Crippen molar-refractivity contribution in [2.45, 2.75) is 32.5 Å². The van der Waals surface area contributed by atoms with E-state index in [1.54, 1.807) is 7.11 Å². The summed E-state index contributed by atoms with van der Waals surface area (Å²) in [6.45, 7) is 4.37. The Morgan fingerprint density at radius 2 is 2.17 bits per heavy atom. The molecule has 3 N–H and O–H groups in total. The molecule has 4 nitrogen and oxygen atoms in total. The number of rotatable bonds is 6. The van der Waals surface area contributed by atoms with Crippen LogP contribution in [0.15, 0.2) is 0 Å². The number of hydrogen-bond donors (Lipinski definition) is 2. The second kappa shape index (κ2) is 5.97. The topological polar surface area (TPSA) is 68.3 Å². The summed E-state index contributed by atoms with van der Waals surface area (Å²) < 4.78 is 10.3. The monoisotopic (exact) mass is 174 g/mol. The van der Waals surface area contributed by atoms with E-state index in [2.05, 4.69) is 0 Å². The molecule has 0 spiro atoms. The maximum Gasteiger partial charge on any atom is 0.120 e. The van der Waals surface area contributed by atoms with Crippen LogP contribution in [0.4, 0.5) is 0 Å². The fourth-order valence-corrected chi connectivity index (χ4v) is 0.944. The van der Waals surface area contributed by atoms with Gasteiger partial charge in [0.1, 0.15) is 11.9 Å². The van der Waals surface area contributed by atoms with Crippen LogP contribution < -0.4 is 5.73 Å². The van der Waals surface area contributed by atoms with Crippen LogP contribution in [0.3, 0.4) is 0 Å². The maximum atomic E-state index is 7.19. The van der Waals surface area contributed by atoms with Crippen molar-refractivity contribution < 1.29 is 9.47 Å². The van der Waals surface area contributed by atoms with Crippen molar-refractivity contribution in [2.75, 3.05) is 13.7 Å². The van der Waals surface area contributed by atoms with E-state index >= 15 is 0 Å². The molecule has 2 atom stereocenters. The summed E-state index contributed by atoms with van der Waals surface area (Å²) in [4.78, 5) is 0. The van der Waals surface area contributed by atoms with Gasteiger partial charge >= 0.3 is 0 Å². The molecular weight excluding hydrogens is 156 g/mol. The molecule has 0 aliphatic rings. The van der Waals surface area contributed by atoms with E-state index in [0.29, 0.717) is 6.61 Å². The zero-order valence-corrected chi connectivity index (χ0v) is 7.96. The Labute approximate surface area is 73.5 Å². The average Bonchev–Trinajstić information content (AvgIpc) is 2.00. The zero-order valence-electron chi connectivity index (χ0n) is 7.96. The van der Waals surface area contributed by atoms with Gasteiger partial charge in [0.2, 0.25) is 0 Å². The molecule has 0 rings (SSSR count). The van der Waals surface area contributed by atoms with E-state index < -0.39 is 0 Å². The van der Waals surface area contributed by atoms with Crippen LogP contribution >= 0.6 is 0 Å². The van der Waals surface area contributed by atoms with Gasteiger partial charge in [-0.2, -0.15) is 0 Å². The molecule has 72 valence electrons. The van der Waals surface area contributed by atoms with E-state index in [1.165, 1.54) is 0 Å². The van der Waals surface area contributed by atoms with Crippen molar-refractivity contribution in [3.8, 4) is 0 Å². The predicted octanol–water partition coefficient (Wildman–Crippen LogP) is 0.752. The lowest BCUT2D eigenvalue weighted by Gasteiger charge is -2.19. The maximum absolute atomic E-state index is 7.19. The first kappa shape index (κ1) is 11.4. The van der Waals surface area contributed by atoms with Gasteiger partial charge in [-0.3, -0.25) is 5.41 Å². The van der Waals surface area contributed by atoms with Crippen molar-refractivity contribution in [3.05, 3.63) is 0 Å². The Balaban J connectivity index is 3.77. The summed E-state index contributed by atoms with van der Waals surface area (Å²) in [6, 6.07) is 0. The summed E-state index contributed by atoms with van der Waals surface area (Å²) in [6.07, 6.45) is 0.447. The van der Waals surface area contributed by atoms with Crippen molar-refractivity contribution in [1.82, 2.24) is 0 Å². The van der Waals surface area contributed by atoms with Crippen molar-refractivity contribution in [1.29, 1.82) is 5.41 Å². The highest BCUT2D eigenvalue weighted by atomic mass is 16.5. The highest BCUT2D eigenvalue weighted by molar-refractivity contribution is 5.81. The van der Waals surface area contributed by atoms with Gasteiger partial charge in [0.15, 0.2) is 0 Å². The first-order valence-corrected chi connectivity index (χ1v) is 4.10. The van der Waals surface area contributed by atoms with E-state index in [9.17, 15) is 0 Å². The summed E-state index contributed by atoms with van der Waals surface area (Å²) in [5.74, 6) is 0.0838. The van der Waals surface area contributed by atoms with Crippen LogP contribution in [-0.4, -0.2) is 31.8 Å². The van der Waals surface area contributed by atoms with E-state index in [-0.39, 0.29) is 18.0 Å². The standard InChI is InChI=1S/C8H18N2O2/c1-4-7(8(9)10)12-6(2)5-11-3/h6-7H,4-5H2,1-3H3,(H3,9,10). The Kier molecular flexibility index (Phi) is 5.66. The molecule has 0 amide bonds. The van der Waals surface area contributed by atoms with Gasteiger partial charge in [-0.15, -0.1) is 0 Å². The molecule has 0 aliphatic carbocycles. The molecule has 0 heterocycles. The molecule has 0 bridgehead atoms. The molecule has 2 unspecified atom stereocenters. The number of nitrogens with one attached hydrogen (secondary N) is 1. The molecular formula is C8H18N2O2. The Morgan fingerprint density at radius 1 is 1.58 bits per heavy atom. The average molecular weight is 174 g/mol. The molecule has 4 heteroatoms. The molecule has 0 aliphatic heterocycles. The molecule has 0 fully saturated rings. The van der Waals surface area contributed by atoms with Gasteiger partial charge in [-0.25, -0.2) is 0 Å². The second-order valence-corrected chi connectivity index (χ2v) is 2.75. The number of nitrogens with two attached hydrogens (primary N) is 1. The molecule has 0 radical (unpaired) electrons. The van der Waals surface area contributed by atoms with Crippen molar-refractivity contribution in [2.24, 2.45) is 5.73 Å². The van der Waals surface area contributed by atoms with E-state index in [4.69, 9.17) is 20.6 Å². The zero-order chi connectivity index (χ0) is 9.56. The van der Waals surface area contributed by atoms with Gasteiger partial charge in [0, 0.05) is 7.11 Å². The van der Waals surface area contributed by atoms with Gasteiger partial charge in [-0.1, -0.05) is 6.92 Å².